The van der Waals surface area contributed by atoms with Gasteiger partial charge in [0, 0.05) is 19.3 Å². The molecule has 0 spiro atoms. The highest BCUT2D eigenvalue weighted by molar-refractivity contribution is 6.17. The van der Waals surface area contributed by atoms with Gasteiger partial charge in [0.05, 0.1) is 0 Å². The van der Waals surface area contributed by atoms with Crippen LogP contribution in [0.5, 0.6) is 0 Å². The first kappa shape index (κ1) is 16.4. The second-order valence-corrected chi connectivity index (χ2v) is 4.08. The maximum absolute atomic E-state index is 5.04. The third kappa shape index (κ3) is 19.4. The van der Waals surface area contributed by atoms with E-state index in [9.17, 15) is 0 Å². The van der Waals surface area contributed by atoms with Crippen molar-refractivity contribution < 1.29 is 11.4 Å². The molecule has 0 aromatic heterocycles. The standard InChI is InChI=1S/C4H9O.2C2H5O.2Al.3H/c1-3-4(2)5;2*1-2-3;;;;;/h4H,3H2,1-2H3;2*2H2,1H3;;;;;/q3*-1;+1;+2;;;. The maximum Gasteiger partial charge on any atom is 0.649 e. The minimum absolute atomic E-state index is 0.497. The Labute approximate surface area is 97.3 Å². The molecule has 0 bridgehead atoms. The molecule has 0 rings (SSSR count). The fraction of sp³-hybridized carbons (Fsp3) is 1.00. The molecular formula is C8H22Al2O3. The molecule has 0 aliphatic heterocycles. The van der Waals surface area contributed by atoms with Crippen LogP contribution in [0.3, 0.4) is 0 Å². The van der Waals surface area contributed by atoms with E-state index in [1.54, 1.807) is 0 Å². The zero-order valence-corrected chi connectivity index (χ0v) is 13.0. The van der Waals surface area contributed by atoms with Gasteiger partial charge in [-0.1, -0.05) is 6.92 Å². The van der Waals surface area contributed by atoms with Crippen LogP contribution >= 0.6 is 0 Å². The molecule has 1 unspecified atom stereocenters. The molecule has 0 aliphatic carbocycles. The quantitative estimate of drug-likeness (QED) is 0.486. The average molecular weight is 220 g/mol. The fourth-order valence-corrected chi connectivity index (χ4v) is 1.18. The van der Waals surface area contributed by atoms with Gasteiger partial charge in [0.2, 0.25) is 0 Å². The van der Waals surface area contributed by atoms with Crippen molar-refractivity contribution in [1.29, 1.82) is 0 Å². The van der Waals surface area contributed by atoms with Crippen LogP contribution < -0.4 is 0 Å². The molecule has 0 aromatic carbocycles. The maximum atomic E-state index is 5.04. The summed E-state index contributed by atoms with van der Waals surface area (Å²) in [6.07, 6.45) is 1.64. The predicted octanol–water partition coefficient (Wildman–Crippen LogP) is 0.675. The Morgan fingerprint density at radius 1 is 1.15 bits per heavy atom. The zero-order valence-electron chi connectivity index (χ0n) is 9.63. The van der Waals surface area contributed by atoms with Crippen LogP contribution in [0.15, 0.2) is 0 Å². The molecular weight excluding hydrogens is 198 g/mol. The highest BCUT2D eigenvalue weighted by Crippen LogP contribution is 1.89. The number of rotatable bonds is 6. The third-order valence-electron chi connectivity index (χ3n) is 1.55. The molecule has 3 nitrogen and oxygen atoms in total. The zero-order chi connectivity index (χ0) is 10.5. The molecule has 0 saturated heterocycles. The Morgan fingerprint density at radius 3 is 1.77 bits per heavy atom. The molecule has 0 aromatic rings. The van der Waals surface area contributed by atoms with Crippen LogP contribution in [0.4, 0.5) is 0 Å². The summed E-state index contributed by atoms with van der Waals surface area (Å²) < 4.78 is 15.0. The summed E-state index contributed by atoms with van der Waals surface area (Å²) in [6, 6.07) is 0. The molecule has 0 heterocycles. The summed E-state index contributed by atoms with van der Waals surface area (Å²) in [5, 5.41) is 0. The number of hydrogen-bond acceptors (Lipinski definition) is 3. The SMILES string of the molecule is CCC(C)[O][AlH2].CC[O][AlH][O]CC. The van der Waals surface area contributed by atoms with E-state index < -0.39 is 15.9 Å². The van der Waals surface area contributed by atoms with Crippen molar-refractivity contribution in [1.82, 2.24) is 0 Å². The van der Waals surface area contributed by atoms with Crippen molar-refractivity contribution in [2.75, 3.05) is 13.2 Å². The summed E-state index contributed by atoms with van der Waals surface area (Å²) >= 11 is 0.294. The summed E-state index contributed by atoms with van der Waals surface area (Å²) in [7, 11) is 0. The Bertz CT molecular complexity index is 75.8. The summed E-state index contributed by atoms with van der Waals surface area (Å²) in [6.45, 7) is 9.77. The first-order valence-corrected chi connectivity index (χ1v) is 6.88. The summed E-state index contributed by atoms with van der Waals surface area (Å²) in [5.74, 6) is 0. The van der Waals surface area contributed by atoms with Crippen molar-refractivity contribution in [3.8, 4) is 0 Å². The van der Waals surface area contributed by atoms with E-state index in [0.717, 1.165) is 36.3 Å². The smallest absolute Gasteiger partial charge is 0.504 e. The molecule has 0 saturated carbocycles. The van der Waals surface area contributed by atoms with Crippen molar-refractivity contribution in [3.05, 3.63) is 0 Å². The van der Waals surface area contributed by atoms with Gasteiger partial charge < -0.3 is 11.4 Å². The molecule has 1 atom stereocenters. The predicted molar refractivity (Wildman–Crippen MR) is 59.8 cm³/mol. The van der Waals surface area contributed by atoms with E-state index in [2.05, 4.69) is 13.8 Å². The van der Waals surface area contributed by atoms with Crippen molar-refractivity contribution in [2.45, 2.75) is 40.2 Å². The summed E-state index contributed by atoms with van der Waals surface area (Å²) in [4.78, 5) is 0. The minimum atomic E-state index is -0.589. The van der Waals surface area contributed by atoms with Gasteiger partial charge in [-0.15, -0.1) is 0 Å². The van der Waals surface area contributed by atoms with Crippen LogP contribution in [0.2, 0.25) is 0 Å². The van der Waals surface area contributed by atoms with Gasteiger partial charge in [0.25, 0.3) is 0 Å². The first-order valence-electron chi connectivity index (χ1n) is 4.91. The average Bonchev–Trinajstić information content (AvgIpc) is 2.18. The topological polar surface area (TPSA) is 27.7 Å². The van der Waals surface area contributed by atoms with Gasteiger partial charge in [0.15, 0.2) is 0 Å². The van der Waals surface area contributed by atoms with Crippen LogP contribution in [0.25, 0.3) is 0 Å². The fourth-order valence-electron chi connectivity index (χ4n) is 0.392. The van der Waals surface area contributed by atoms with E-state index in [0.29, 0.717) is 6.10 Å². The monoisotopic (exact) mass is 220 g/mol. The lowest BCUT2D eigenvalue weighted by atomic mass is 10.3. The number of hydrogen-bond donors (Lipinski definition) is 0. The Kier molecular flexibility index (Phi) is 19.4. The van der Waals surface area contributed by atoms with Crippen LogP contribution in [0, 0.1) is 0 Å². The highest BCUT2D eigenvalue weighted by atomic mass is 27.2. The van der Waals surface area contributed by atoms with Crippen molar-refractivity contribution in [2.24, 2.45) is 0 Å². The molecule has 0 radical (unpaired) electrons. The Morgan fingerprint density at radius 2 is 1.62 bits per heavy atom. The van der Waals surface area contributed by atoms with E-state index in [4.69, 9.17) is 11.4 Å². The molecule has 78 valence electrons. The van der Waals surface area contributed by atoms with E-state index in [1.807, 2.05) is 13.8 Å². The lowest BCUT2D eigenvalue weighted by Gasteiger charge is -2.04. The second-order valence-electron chi connectivity index (χ2n) is 2.56. The second kappa shape index (κ2) is 15.4. The lowest BCUT2D eigenvalue weighted by molar-refractivity contribution is 0.239. The van der Waals surface area contributed by atoms with E-state index in [-0.39, 0.29) is 0 Å². The van der Waals surface area contributed by atoms with Gasteiger partial charge >= 0.3 is 32.5 Å². The molecule has 13 heavy (non-hydrogen) atoms. The molecule has 0 N–H and O–H groups in total. The van der Waals surface area contributed by atoms with E-state index >= 15 is 0 Å². The largest absolute Gasteiger partial charge is 0.649 e. The van der Waals surface area contributed by atoms with Gasteiger partial charge in [0.1, 0.15) is 0 Å². The van der Waals surface area contributed by atoms with Gasteiger partial charge in [-0.25, -0.2) is 0 Å². The van der Waals surface area contributed by atoms with E-state index in [1.165, 1.54) is 0 Å². The molecule has 0 aliphatic rings. The Balaban J connectivity index is 0. The molecule has 5 heteroatoms. The first-order chi connectivity index (χ1) is 6.22. The van der Waals surface area contributed by atoms with Gasteiger partial charge in [-0.2, -0.15) is 0 Å². The van der Waals surface area contributed by atoms with Gasteiger partial charge in [-0.3, -0.25) is 0 Å². The Hall–Kier alpha value is 0.945. The van der Waals surface area contributed by atoms with Crippen molar-refractivity contribution >= 4 is 32.5 Å². The third-order valence-corrected chi connectivity index (χ3v) is 3.51. The molecule has 0 amide bonds. The highest BCUT2D eigenvalue weighted by Gasteiger charge is 1.89. The summed E-state index contributed by atoms with van der Waals surface area (Å²) in [5.41, 5.74) is 0. The van der Waals surface area contributed by atoms with Crippen molar-refractivity contribution in [3.63, 3.8) is 0 Å². The molecule has 0 fully saturated rings. The van der Waals surface area contributed by atoms with Crippen LogP contribution in [0.1, 0.15) is 34.1 Å². The lowest BCUT2D eigenvalue weighted by Crippen LogP contribution is -2.02. The van der Waals surface area contributed by atoms with Crippen LogP contribution in [-0.2, 0) is 11.4 Å². The van der Waals surface area contributed by atoms with Gasteiger partial charge in [-0.05, 0) is 27.2 Å². The van der Waals surface area contributed by atoms with Crippen LogP contribution in [-0.4, -0.2) is 51.8 Å². The normalized spacial score (nSPS) is 11.4. The minimum Gasteiger partial charge on any atom is -0.504 e.